The fourth-order valence-electron chi connectivity index (χ4n) is 3.09. The number of piperidine rings is 1. The van der Waals surface area contributed by atoms with Crippen LogP contribution in [0, 0.1) is 17.2 Å². The van der Waals surface area contributed by atoms with Crippen LogP contribution in [-0.4, -0.2) is 35.1 Å². The first kappa shape index (κ1) is 21.1. The SMILES string of the molecule is N#Cc1ccc(C(=O)N2CCC(C(F)(F)F)CC2)c(-c2nc(C(F)(F)F)cs2)c1. The van der Waals surface area contributed by atoms with Gasteiger partial charge in [0.25, 0.3) is 5.91 Å². The second kappa shape index (κ2) is 7.67. The van der Waals surface area contributed by atoms with Crippen LogP contribution < -0.4 is 0 Å². The lowest BCUT2D eigenvalue weighted by atomic mass is 9.95. The minimum atomic E-state index is -4.66. The van der Waals surface area contributed by atoms with Gasteiger partial charge in [0.05, 0.1) is 17.6 Å². The van der Waals surface area contributed by atoms with Gasteiger partial charge in [-0.1, -0.05) is 0 Å². The molecule has 0 atom stereocenters. The summed E-state index contributed by atoms with van der Waals surface area (Å²) in [5, 5.41) is 9.79. The molecule has 0 unspecified atom stereocenters. The molecule has 2 aromatic rings. The summed E-state index contributed by atoms with van der Waals surface area (Å²) in [4.78, 5) is 17.6. The van der Waals surface area contributed by atoms with Crippen LogP contribution in [-0.2, 0) is 6.18 Å². The van der Waals surface area contributed by atoms with E-state index in [2.05, 4.69) is 4.98 Å². The van der Waals surface area contributed by atoms with E-state index in [1.165, 1.54) is 23.1 Å². The molecule has 1 aliphatic rings. The van der Waals surface area contributed by atoms with Crippen LogP contribution in [0.2, 0.25) is 0 Å². The van der Waals surface area contributed by atoms with Gasteiger partial charge in [-0.2, -0.15) is 31.6 Å². The Morgan fingerprint density at radius 2 is 1.83 bits per heavy atom. The molecular formula is C18H13F6N3OS. The fraction of sp³-hybridized carbons (Fsp3) is 0.389. The summed E-state index contributed by atoms with van der Waals surface area (Å²) in [6.07, 6.45) is -9.47. The number of nitriles is 1. The lowest BCUT2D eigenvalue weighted by Gasteiger charge is -2.33. The van der Waals surface area contributed by atoms with Gasteiger partial charge in [-0.3, -0.25) is 4.79 Å². The van der Waals surface area contributed by atoms with E-state index in [1.54, 1.807) is 0 Å². The molecule has 11 heteroatoms. The lowest BCUT2D eigenvalue weighted by molar-refractivity contribution is -0.183. The molecule has 1 fully saturated rings. The summed E-state index contributed by atoms with van der Waals surface area (Å²) in [5.74, 6) is -2.09. The minimum Gasteiger partial charge on any atom is -0.339 e. The Kier molecular flexibility index (Phi) is 5.58. The van der Waals surface area contributed by atoms with Crippen LogP contribution in [0.1, 0.15) is 34.5 Å². The maximum Gasteiger partial charge on any atom is 0.434 e. The van der Waals surface area contributed by atoms with Gasteiger partial charge in [-0.15, -0.1) is 11.3 Å². The molecule has 3 rings (SSSR count). The average molecular weight is 433 g/mol. The highest BCUT2D eigenvalue weighted by Crippen LogP contribution is 2.37. The van der Waals surface area contributed by atoms with Crippen molar-refractivity contribution < 1.29 is 31.1 Å². The first-order valence-electron chi connectivity index (χ1n) is 8.44. The van der Waals surface area contributed by atoms with Crippen molar-refractivity contribution in [1.82, 2.24) is 9.88 Å². The van der Waals surface area contributed by atoms with E-state index >= 15 is 0 Å². The Labute approximate surface area is 165 Å². The molecule has 29 heavy (non-hydrogen) atoms. The van der Waals surface area contributed by atoms with E-state index in [-0.39, 0.29) is 47.6 Å². The van der Waals surface area contributed by atoms with E-state index < -0.39 is 29.9 Å². The normalized spacial score (nSPS) is 16.0. The smallest absolute Gasteiger partial charge is 0.339 e. The summed E-state index contributed by atoms with van der Waals surface area (Å²) in [5.41, 5.74) is -0.953. The summed E-state index contributed by atoms with van der Waals surface area (Å²) in [6, 6.07) is 5.73. The molecule has 1 aliphatic heterocycles. The molecular weight excluding hydrogens is 420 g/mol. The zero-order valence-electron chi connectivity index (χ0n) is 14.6. The second-order valence-electron chi connectivity index (χ2n) is 6.52. The van der Waals surface area contributed by atoms with Crippen LogP contribution in [0.3, 0.4) is 0 Å². The number of amides is 1. The minimum absolute atomic E-state index is 0.00228. The predicted octanol–water partition coefficient (Wildman–Crippen LogP) is 5.12. The highest BCUT2D eigenvalue weighted by Gasteiger charge is 2.42. The van der Waals surface area contributed by atoms with Crippen LogP contribution in [0.15, 0.2) is 23.6 Å². The topological polar surface area (TPSA) is 57.0 Å². The number of hydrogen-bond donors (Lipinski definition) is 0. The van der Waals surface area contributed by atoms with E-state index in [1.807, 2.05) is 6.07 Å². The number of hydrogen-bond acceptors (Lipinski definition) is 4. The summed E-state index contributed by atoms with van der Waals surface area (Å²) >= 11 is 0.671. The standard InChI is InChI=1S/C18H13F6N3OS/c19-17(20,21)11-3-5-27(6-4-11)16(28)12-2-1-10(8-25)7-13(12)15-26-14(9-29-15)18(22,23)24/h1-2,7,9,11H,3-6H2. The molecule has 1 aromatic heterocycles. The first-order chi connectivity index (χ1) is 13.5. The van der Waals surface area contributed by atoms with Gasteiger partial charge in [-0.05, 0) is 31.0 Å². The number of rotatable bonds is 2. The quantitative estimate of drug-likeness (QED) is 0.618. The van der Waals surface area contributed by atoms with Crippen molar-refractivity contribution in [2.75, 3.05) is 13.1 Å². The Bertz CT molecular complexity index is 952. The zero-order chi connectivity index (χ0) is 21.4. The molecule has 2 heterocycles. The van der Waals surface area contributed by atoms with Gasteiger partial charge < -0.3 is 4.90 Å². The summed E-state index contributed by atoms with van der Waals surface area (Å²) < 4.78 is 77.1. The number of aromatic nitrogens is 1. The van der Waals surface area contributed by atoms with Gasteiger partial charge in [0.2, 0.25) is 0 Å². The van der Waals surface area contributed by atoms with Crippen molar-refractivity contribution in [3.05, 3.63) is 40.4 Å². The van der Waals surface area contributed by atoms with E-state index in [0.29, 0.717) is 11.3 Å². The first-order valence-corrected chi connectivity index (χ1v) is 9.32. The molecule has 0 N–H and O–H groups in total. The Morgan fingerprint density at radius 3 is 2.34 bits per heavy atom. The molecule has 0 aliphatic carbocycles. The van der Waals surface area contributed by atoms with E-state index in [4.69, 9.17) is 5.26 Å². The number of nitrogens with zero attached hydrogens (tertiary/aromatic N) is 3. The highest BCUT2D eigenvalue weighted by molar-refractivity contribution is 7.13. The third-order valence-electron chi connectivity index (χ3n) is 4.65. The van der Waals surface area contributed by atoms with Crippen molar-refractivity contribution in [2.45, 2.75) is 25.2 Å². The van der Waals surface area contributed by atoms with Gasteiger partial charge in [0.15, 0.2) is 5.69 Å². The van der Waals surface area contributed by atoms with Crippen LogP contribution in [0.4, 0.5) is 26.3 Å². The van der Waals surface area contributed by atoms with Crippen molar-refractivity contribution >= 4 is 17.2 Å². The molecule has 1 saturated heterocycles. The Morgan fingerprint density at radius 1 is 1.17 bits per heavy atom. The highest BCUT2D eigenvalue weighted by atomic mass is 32.1. The van der Waals surface area contributed by atoms with Gasteiger partial charge in [0.1, 0.15) is 5.01 Å². The maximum absolute atomic E-state index is 12.9. The number of halogens is 6. The van der Waals surface area contributed by atoms with Crippen LogP contribution in [0.25, 0.3) is 10.6 Å². The molecule has 0 saturated carbocycles. The molecule has 154 valence electrons. The molecule has 0 bridgehead atoms. The maximum atomic E-state index is 12.9. The Balaban J connectivity index is 1.91. The fourth-order valence-corrected chi connectivity index (χ4v) is 3.94. The number of carbonyl (C=O) groups excluding carboxylic acids is 1. The molecule has 1 aromatic carbocycles. The van der Waals surface area contributed by atoms with Crippen molar-refractivity contribution in [2.24, 2.45) is 5.92 Å². The third kappa shape index (κ3) is 4.53. The van der Waals surface area contributed by atoms with Crippen molar-refractivity contribution in [3.8, 4) is 16.6 Å². The van der Waals surface area contributed by atoms with Crippen molar-refractivity contribution in [3.63, 3.8) is 0 Å². The van der Waals surface area contributed by atoms with Gasteiger partial charge in [-0.25, -0.2) is 4.98 Å². The van der Waals surface area contributed by atoms with Gasteiger partial charge in [0, 0.05) is 29.6 Å². The molecule has 0 spiro atoms. The number of carbonyl (C=O) groups is 1. The zero-order valence-corrected chi connectivity index (χ0v) is 15.5. The lowest BCUT2D eigenvalue weighted by Crippen LogP contribution is -2.42. The number of thiazole rings is 1. The summed E-state index contributed by atoms with van der Waals surface area (Å²) in [7, 11) is 0. The van der Waals surface area contributed by atoms with Crippen LogP contribution in [0.5, 0.6) is 0 Å². The molecule has 4 nitrogen and oxygen atoms in total. The van der Waals surface area contributed by atoms with E-state index in [9.17, 15) is 31.1 Å². The second-order valence-corrected chi connectivity index (χ2v) is 7.37. The molecule has 0 radical (unpaired) electrons. The van der Waals surface area contributed by atoms with Crippen LogP contribution >= 0.6 is 11.3 Å². The monoisotopic (exact) mass is 433 g/mol. The van der Waals surface area contributed by atoms with Crippen molar-refractivity contribution in [1.29, 1.82) is 5.26 Å². The number of alkyl halides is 6. The number of benzene rings is 1. The van der Waals surface area contributed by atoms with Gasteiger partial charge >= 0.3 is 12.4 Å². The summed E-state index contributed by atoms with van der Waals surface area (Å²) in [6.45, 7) is -0.234. The number of likely N-dealkylation sites (tertiary alicyclic amines) is 1. The largest absolute Gasteiger partial charge is 0.434 e. The third-order valence-corrected chi connectivity index (χ3v) is 5.52. The Hall–Kier alpha value is -2.61. The average Bonchev–Trinajstić information content (AvgIpc) is 3.17. The predicted molar refractivity (Wildman–Crippen MR) is 91.9 cm³/mol. The molecule has 1 amide bonds. The van der Waals surface area contributed by atoms with E-state index in [0.717, 1.165) is 5.38 Å².